The lowest BCUT2D eigenvalue weighted by atomic mass is 9.88. The highest BCUT2D eigenvalue weighted by atomic mass is 35.5. The second kappa shape index (κ2) is 10.0. The van der Waals surface area contributed by atoms with E-state index in [0.29, 0.717) is 18.7 Å². The Morgan fingerprint density at radius 3 is 2.40 bits per heavy atom. The smallest absolute Gasteiger partial charge is 0.122 e. The molecule has 2 bridgehead atoms. The number of fused-ring (bicyclic) bond motifs is 2. The fourth-order valence-corrected chi connectivity index (χ4v) is 5.61. The van der Waals surface area contributed by atoms with Gasteiger partial charge in [-0.25, -0.2) is 4.98 Å². The van der Waals surface area contributed by atoms with Gasteiger partial charge in [-0.15, -0.1) is 0 Å². The van der Waals surface area contributed by atoms with E-state index in [0.717, 1.165) is 58.1 Å². The third kappa shape index (κ3) is 5.70. The number of aliphatic hydroxyl groups is 1. The molecule has 2 aliphatic rings. The molecule has 3 atom stereocenters. The minimum absolute atomic E-state index is 0.486. The summed E-state index contributed by atoms with van der Waals surface area (Å²) in [5, 5.41) is 11.2. The van der Waals surface area contributed by atoms with Gasteiger partial charge in [0.25, 0.3) is 0 Å². The molecule has 35 heavy (non-hydrogen) atoms. The van der Waals surface area contributed by atoms with Crippen molar-refractivity contribution >= 4 is 11.6 Å². The van der Waals surface area contributed by atoms with Gasteiger partial charge in [0, 0.05) is 41.0 Å². The van der Waals surface area contributed by atoms with Crippen LogP contribution in [0.4, 0.5) is 0 Å². The molecule has 1 aromatic heterocycles. The molecular formula is C30H31ClN2O2. The van der Waals surface area contributed by atoms with E-state index in [-0.39, 0.29) is 0 Å². The molecule has 0 unspecified atom stereocenters. The predicted molar refractivity (Wildman–Crippen MR) is 141 cm³/mol. The number of ether oxygens (including phenoxy) is 1. The summed E-state index contributed by atoms with van der Waals surface area (Å²) in [7, 11) is 0. The van der Waals surface area contributed by atoms with E-state index < -0.39 is 5.60 Å². The number of pyridine rings is 1. The molecule has 2 aromatic carbocycles. The quantitative estimate of drug-likeness (QED) is 0.458. The van der Waals surface area contributed by atoms with Crippen molar-refractivity contribution < 1.29 is 9.84 Å². The van der Waals surface area contributed by atoms with Crippen LogP contribution in [-0.2, 0) is 0 Å². The predicted octanol–water partition coefficient (Wildman–Crippen LogP) is 5.87. The third-order valence-electron chi connectivity index (χ3n) is 7.18. The van der Waals surface area contributed by atoms with Gasteiger partial charge in [-0.2, -0.15) is 0 Å². The molecule has 0 radical (unpaired) electrons. The van der Waals surface area contributed by atoms with Crippen molar-refractivity contribution in [1.82, 2.24) is 9.88 Å². The number of hydrogen-bond donors (Lipinski definition) is 1. The van der Waals surface area contributed by atoms with E-state index >= 15 is 0 Å². The molecule has 3 heterocycles. The number of rotatable bonds is 5. The van der Waals surface area contributed by atoms with Crippen LogP contribution in [0, 0.1) is 18.8 Å². The SMILES string of the molecule is Cc1cc(C#Cc2ccc(-c3ccc(Cl)cc3)cn2)ccc1OCCN1[C@@H]2CC[C@H]1C[C@@](C)(O)C2. The minimum Gasteiger partial charge on any atom is -0.492 e. The summed E-state index contributed by atoms with van der Waals surface area (Å²) >= 11 is 5.97. The van der Waals surface area contributed by atoms with Gasteiger partial charge in [0.05, 0.1) is 5.60 Å². The normalized spacial score (nSPS) is 23.5. The monoisotopic (exact) mass is 486 g/mol. The van der Waals surface area contributed by atoms with Gasteiger partial charge >= 0.3 is 0 Å². The van der Waals surface area contributed by atoms with Crippen molar-refractivity contribution in [3.63, 3.8) is 0 Å². The highest BCUT2D eigenvalue weighted by Gasteiger charge is 2.44. The Morgan fingerprint density at radius 2 is 1.74 bits per heavy atom. The topological polar surface area (TPSA) is 45.6 Å². The molecule has 5 rings (SSSR count). The van der Waals surface area contributed by atoms with E-state index in [4.69, 9.17) is 16.3 Å². The van der Waals surface area contributed by atoms with E-state index in [1.54, 1.807) is 0 Å². The van der Waals surface area contributed by atoms with Gasteiger partial charge in [0.2, 0.25) is 0 Å². The van der Waals surface area contributed by atoms with Crippen molar-refractivity contribution in [2.45, 2.75) is 57.2 Å². The van der Waals surface area contributed by atoms with Gasteiger partial charge < -0.3 is 9.84 Å². The lowest BCUT2D eigenvalue weighted by molar-refractivity contribution is -0.0410. The summed E-state index contributed by atoms with van der Waals surface area (Å²) in [5.74, 6) is 7.27. The average Bonchev–Trinajstić information content (AvgIpc) is 3.09. The van der Waals surface area contributed by atoms with E-state index in [1.165, 1.54) is 12.8 Å². The molecule has 4 nitrogen and oxygen atoms in total. The van der Waals surface area contributed by atoms with Crippen molar-refractivity contribution in [2.24, 2.45) is 0 Å². The molecule has 180 valence electrons. The minimum atomic E-state index is -0.509. The zero-order valence-electron chi connectivity index (χ0n) is 20.3. The maximum Gasteiger partial charge on any atom is 0.122 e. The van der Waals surface area contributed by atoms with Crippen LogP contribution in [-0.4, -0.2) is 45.8 Å². The highest BCUT2D eigenvalue weighted by Crippen LogP contribution is 2.40. The lowest BCUT2D eigenvalue weighted by Crippen LogP contribution is -2.50. The average molecular weight is 487 g/mol. The van der Waals surface area contributed by atoms with Gasteiger partial charge in [0.1, 0.15) is 18.1 Å². The van der Waals surface area contributed by atoms with Crippen LogP contribution in [0.1, 0.15) is 49.4 Å². The summed E-state index contributed by atoms with van der Waals surface area (Å²) < 4.78 is 6.12. The van der Waals surface area contributed by atoms with E-state index in [9.17, 15) is 5.11 Å². The van der Waals surface area contributed by atoms with Gasteiger partial charge in [-0.05, 0) is 93.0 Å². The molecule has 2 aliphatic heterocycles. The van der Waals surface area contributed by atoms with Crippen LogP contribution >= 0.6 is 11.6 Å². The fourth-order valence-electron chi connectivity index (χ4n) is 5.48. The summed E-state index contributed by atoms with van der Waals surface area (Å²) in [6, 6.07) is 18.7. The molecule has 0 saturated carbocycles. The Morgan fingerprint density at radius 1 is 1.03 bits per heavy atom. The second-order valence-corrected chi connectivity index (χ2v) is 10.5. The maximum absolute atomic E-state index is 10.4. The van der Waals surface area contributed by atoms with Crippen LogP contribution in [0.25, 0.3) is 11.1 Å². The summed E-state index contributed by atoms with van der Waals surface area (Å²) in [5.41, 5.74) is 4.35. The number of aryl methyl sites for hydroxylation is 1. The lowest BCUT2D eigenvalue weighted by Gasteiger charge is -2.42. The first-order valence-corrected chi connectivity index (χ1v) is 12.7. The number of benzene rings is 2. The van der Waals surface area contributed by atoms with Crippen molar-refractivity contribution in [1.29, 1.82) is 0 Å². The Labute approximate surface area is 212 Å². The first-order chi connectivity index (χ1) is 16.9. The maximum atomic E-state index is 10.4. The van der Waals surface area contributed by atoms with Crippen LogP contribution in [0.3, 0.4) is 0 Å². The number of nitrogens with zero attached hydrogens (tertiary/aromatic N) is 2. The van der Waals surface area contributed by atoms with E-state index in [2.05, 4.69) is 34.7 Å². The van der Waals surface area contributed by atoms with Crippen LogP contribution in [0.15, 0.2) is 60.8 Å². The Bertz CT molecular complexity index is 1230. The number of hydrogen-bond acceptors (Lipinski definition) is 4. The zero-order chi connectivity index (χ0) is 24.4. The Hall–Kier alpha value is -2.84. The first-order valence-electron chi connectivity index (χ1n) is 12.3. The van der Waals surface area contributed by atoms with Gasteiger partial charge in [-0.1, -0.05) is 35.7 Å². The Balaban J connectivity index is 1.17. The molecule has 2 saturated heterocycles. The van der Waals surface area contributed by atoms with Gasteiger partial charge in [-0.3, -0.25) is 4.90 Å². The standard InChI is InChI=1S/C30H31ClN2O2/c1-21-17-22(3-10-26-11-7-24(20-32-26)23-5-8-25(31)9-6-23)4-14-29(21)35-16-15-33-27-12-13-28(33)19-30(2,34)18-27/h4-9,11,14,17,20,27-28,34H,12-13,15-16,18-19H2,1-2H3/t27-,28+,30+. The first kappa shape index (κ1) is 23.9. The van der Waals surface area contributed by atoms with Crippen molar-refractivity contribution in [3.05, 3.63) is 82.6 Å². The fraction of sp³-hybridized carbons (Fsp3) is 0.367. The molecule has 5 heteroatoms. The number of aromatic nitrogens is 1. The molecule has 0 amide bonds. The zero-order valence-corrected chi connectivity index (χ0v) is 21.1. The Kier molecular flexibility index (Phi) is 6.84. The molecule has 2 fully saturated rings. The highest BCUT2D eigenvalue weighted by molar-refractivity contribution is 6.30. The largest absolute Gasteiger partial charge is 0.492 e. The summed E-state index contributed by atoms with van der Waals surface area (Å²) in [4.78, 5) is 7.03. The number of halogens is 1. The molecule has 0 spiro atoms. The van der Waals surface area contributed by atoms with Gasteiger partial charge in [0.15, 0.2) is 0 Å². The molecule has 0 aliphatic carbocycles. The third-order valence-corrected chi connectivity index (χ3v) is 7.43. The molecular weight excluding hydrogens is 456 g/mol. The second-order valence-electron chi connectivity index (χ2n) is 10.0. The van der Waals surface area contributed by atoms with Crippen LogP contribution < -0.4 is 4.74 Å². The van der Waals surface area contributed by atoms with Crippen LogP contribution in [0.2, 0.25) is 5.02 Å². The van der Waals surface area contributed by atoms with Crippen molar-refractivity contribution in [3.8, 4) is 28.7 Å². The van der Waals surface area contributed by atoms with Crippen LogP contribution in [0.5, 0.6) is 5.75 Å². The van der Waals surface area contributed by atoms with Crippen molar-refractivity contribution in [2.75, 3.05) is 13.2 Å². The summed E-state index contributed by atoms with van der Waals surface area (Å²) in [6.45, 7) is 5.60. The summed E-state index contributed by atoms with van der Waals surface area (Å²) in [6.07, 6.45) is 5.95. The number of piperidine rings is 1. The molecule has 3 aromatic rings. The molecule has 1 N–H and O–H groups in total. The van der Waals surface area contributed by atoms with E-state index in [1.807, 2.05) is 61.7 Å².